The van der Waals surface area contributed by atoms with Gasteiger partial charge in [0.1, 0.15) is 0 Å². The quantitative estimate of drug-likeness (QED) is 0.590. The van der Waals surface area contributed by atoms with Crippen molar-refractivity contribution >= 4 is 18.1 Å². The Labute approximate surface area is 80.5 Å². The fourth-order valence-corrected chi connectivity index (χ4v) is 0.780. The van der Waals surface area contributed by atoms with Crippen molar-refractivity contribution in [1.29, 1.82) is 0 Å². The van der Waals surface area contributed by atoms with Crippen LogP contribution in [0.3, 0.4) is 0 Å². The Morgan fingerprint density at radius 3 is 2.62 bits per heavy atom. The summed E-state index contributed by atoms with van der Waals surface area (Å²) in [4.78, 5) is 9.70. The summed E-state index contributed by atoms with van der Waals surface area (Å²) in [6.07, 6.45) is 0. The molecule has 1 N–H and O–H groups in total. The van der Waals surface area contributed by atoms with Crippen LogP contribution < -0.4 is 4.74 Å². The van der Waals surface area contributed by atoms with Crippen LogP contribution in [0.4, 0.5) is 5.69 Å². The Hall–Kier alpha value is -1.49. The lowest BCUT2D eigenvalue weighted by Gasteiger charge is -2.00. The van der Waals surface area contributed by atoms with Gasteiger partial charge in [-0.2, -0.15) is 0 Å². The molecular weight excluding hydrogens is 198 g/mol. The third-order valence-corrected chi connectivity index (χ3v) is 1.37. The molecule has 0 aliphatic heterocycles. The Morgan fingerprint density at radius 2 is 2.15 bits per heavy atom. The number of phenols is 1. The SMILES string of the molecule is COc1cc([N+](=O)[O-])ccc1O.Cl. The van der Waals surface area contributed by atoms with Crippen LogP contribution in [0.5, 0.6) is 11.5 Å². The third kappa shape index (κ3) is 2.48. The average molecular weight is 206 g/mol. The smallest absolute Gasteiger partial charge is 0.273 e. The number of nitro groups is 1. The van der Waals surface area contributed by atoms with Gasteiger partial charge in [0.05, 0.1) is 18.1 Å². The highest BCUT2D eigenvalue weighted by Crippen LogP contribution is 2.29. The molecule has 0 fully saturated rings. The fourth-order valence-electron chi connectivity index (χ4n) is 0.780. The van der Waals surface area contributed by atoms with Gasteiger partial charge < -0.3 is 9.84 Å². The Morgan fingerprint density at radius 1 is 1.54 bits per heavy atom. The van der Waals surface area contributed by atoms with E-state index in [1.165, 1.54) is 19.2 Å². The van der Waals surface area contributed by atoms with E-state index < -0.39 is 4.92 Å². The monoisotopic (exact) mass is 205 g/mol. The minimum Gasteiger partial charge on any atom is -0.504 e. The van der Waals surface area contributed by atoms with E-state index in [4.69, 9.17) is 5.11 Å². The minimum absolute atomic E-state index is 0. The average Bonchev–Trinajstić information content (AvgIpc) is 2.05. The Bertz CT molecular complexity index is 315. The summed E-state index contributed by atoms with van der Waals surface area (Å²) in [5.74, 6) is -0.00713. The van der Waals surface area contributed by atoms with Gasteiger partial charge in [0.15, 0.2) is 11.5 Å². The molecule has 0 radical (unpaired) electrons. The van der Waals surface area contributed by atoms with Crippen molar-refractivity contribution in [1.82, 2.24) is 0 Å². The van der Waals surface area contributed by atoms with Gasteiger partial charge in [-0.15, -0.1) is 12.4 Å². The van der Waals surface area contributed by atoms with Crippen LogP contribution >= 0.6 is 12.4 Å². The first kappa shape index (κ1) is 11.5. The van der Waals surface area contributed by atoms with E-state index >= 15 is 0 Å². The minimum atomic E-state index is -0.554. The highest BCUT2D eigenvalue weighted by Gasteiger charge is 2.09. The summed E-state index contributed by atoms with van der Waals surface area (Å²) in [7, 11) is 1.33. The zero-order valence-electron chi connectivity index (χ0n) is 6.76. The van der Waals surface area contributed by atoms with Crippen molar-refractivity contribution in [2.45, 2.75) is 0 Å². The normalized spacial score (nSPS) is 8.69. The molecular formula is C7H8ClNO4. The summed E-state index contributed by atoms with van der Waals surface area (Å²) >= 11 is 0. The molecule has 1 rings (SSSR count). The predicted octanol–water partition coefficient (Wildman–Crippen LogP) is 1.73. The van der Waals surface area contributed by atoms with Crippen molar-refractivity contribution < 1.29 is 14.8 Å². The summed E-state index contributed by atoms with van der Waals surface area (Å²) in [5.41, 5.74) is -0.107. The lowest BCUT2D eigenvalue weighted by molar-refractivity contribution is -0.385. The highest BCUT2D eigenvalue weighted by atomic mass is 35.5. The third-order valence-electron chi connectivity index (χ3n) is 1.37. The number of hydrogen-bond donors (Lipinski definition) is 1. The van der Waals surface area contributed by atoms with Gasteiger partial charge in [-0.25, -0.2) is 0 Å². The van der Waals surface area contributed by atoms with Crippen LogP contribution in [0.1, 0.15) is 0 Å². The molecule has 0 saturated carbocycles. The number of methoxy groups -OCH3 is 1. The maximum absolute atomic E-state index is 10.2. The molecule has 1 aromatic rings. The summed E-state index contributed by atoms with van der Waals surface area (Å²) in [5, 5.41) is 19.3. The molecule has 0 aliphatic carbocycles. The second kappa shape index (κ2) is 4.51. The van der Waals surface area contributed by atoms with Crippen LogP contribution in [0.15, 0.2) is 18.2 Å². The topological polar surface area (TPSA) is 72.6 Å². The van der Waals surface area contributed by atoms with E-state index in [2.05, 4.69) is 4.74 Å². The number of benzene rings is 1. The standard InChI is InChI=1S/C7H7NO4.ClH/c1-12-7-4-5(8(10)11)2-3-6(7)9;/h2-4,9H,1H3;1H. The molecule has 13 heavy (non-hydrogen) atoms. The second-order valence-electron chi connectivity index (χ2n) is 2.11. The first-order valence-corrected chi connectivity index (χ1v) is 3.16. The number of hydrogen-bond acceptors (Lipinski definition) is 4. The van der Waals surface area contributed by atoms with Crippen LogP contribution in [-0.4, -0.2) is 17.1 Å². The fraction of sp³-hybridized carbons (Fsp3) is 0.143. The molecule has 0 spiro atoms. The van der Waals surface area contributed by atoms with Crippen molar-refractivity contribution in [3.05, 3.63) is 28.3 Å². The van der Waals surface area contributed by atoms with Crippen molar-refractivity contribution in [3.8, 4) is 11.5 Å². The van der Waals surface area contributed by atoms with Gasteiger partial charge in [0.2, 0.25) is 0 Å². The molecule has 0 unspecified atom stereocenters. The Balaban J connectivity index is 0.00000144. The van der Waals surface area contributed by atoms with E-state index in [1.54, 1.807) is 0 Å². The first-order valence-electron chi connectivity index (χ1n) is 3.16. The van der Waals surface area contributed by atoms with E-state index in [0.717, 1.165) is 6.07 Å². The molecule has 0 aliphatic rings. The lowest BCUT2D eigenvalue weighted by atomic mass is 10.3. The zero-order chi connectivity index (χ0) is 9.14. The van der Waals surface area contributed by atoms with Crippen LogP contribution in [-0.2, 0) is 0 Å². The van der Waals surface area contributed by atoms with Gasteiger partial charge in [0.25, 0.3) is 5.69 Å². The van der Waals surface area contributed by atoms with Gasteiger partial charge in [-0.1, -0.05) is 0 Å². The van der Waals surface area contributed by atoms with Crippen LogP contribution in [0, 0.1) is 10.1 Å². The maximum Gasteiger partial charge on any atom is 0.273 e. The highest BCUT2D eigenvalue weighted by molar-refractivity contribution is 5.85. The molecule has 5 nitrogen and oxygen atoms in total. The maximum atomic E-state index is 10.2. The van der Waals surface area contributed by atoms with Crippen molar-refractivity contribution in [2.75, 3.05) is 7.11 Å². The van der Waals surface area contributed by atoms with E-state index in [-0.39, 0.29) is 29.6 Å². The molecule has 1 aromatic carbocycles. The summed E-state index contributed by atoms with van der Waals surface area (Å²) < 4.78 is 4.68. The van der Waals surface area contributed by atoms with Crippen molar-refractivity contribution in [2.24, 2.45) is 0 Å². The van der Waals surface area contributed by atoms with Crippen LogP contribution in [0.2, 0.25) is 0 Å². The number of phenolic OH excluding ortho intramolecular Hbond substituents is 1. The van der Waals surface area contributed by atoms with E-state index in [1.807, 2.05) is 0 Å². The number of rotatable bonds is 2. The number of nitrogens with zero attached hydrogens (tertiary/aromatic N) is 1. The van der Waals surface area contributed by atoms with E-state index in [0.29, 0.717) is 0 Å². The van der Waals surface area contributed by atoms with Crippen molar-refractivity contribution in [3.63, 3.8) is 0 Å². The molecule has 0 amide bonds. The van der Waals surface area contributed by atoms with Crippen LogP contribution in [0.25, 0.3) is 0 Å². The number of aromatic hydroxyl groups is 1. The van der Waals surface area contributed by atoms with E-state index in [9.17, 15) is 10.1 Å². The van der Waals surface area contributed by atoms with Gasteiger partial charge in [-0.05, 0) is 6.07 Å². The predicted molar refractivity (Wildman–Crippen MR) is 48.6 cm³/mol. The van der Waals surface area contributed by atoms with Gasteiger partial charge >= 0.3 is 0 Å². The summed E-state index contributed by atoms with van der Waals surface area (Å²) in [6.45, 7) is 0. The molecule has 0 aromatic heterocycles. The molecule has 0 heterocycles. The van der Waals surface area contributed by atoms with Gasteiger partial charge in [0, 0.05) is 6.07 Å². The Kier molecular flexibility index (Phi) is 4.00. The molecule has 6 heteroatoms. The number of non-ortho nitro benzene ring substituents is 1. The molecule has 72 valence electrons. The molecule has 0 saturated heterocycles. The van der Waals surface area contributed by atoms with Gasteiger partial charge in [-0.3, -0.25) is 10.1 Å². The largest absolute Gasteiger partial charge is 0.504 e. The second-order valence-corrected chi connectivity index (χ2v) is 2.11. The zero-order valence-corrected chi connectivity index (χ0v) is 7.58. The first-order chi connectivity index (χ1) is 5.65. The molecule has 0 bridgehead atoms. The lowest BCUT2D eigenvalue weighted by Crippen LogP contribution is -1.89. The number of halogens is 1. The summed E-state index contributed by atoms with van der Waals surface area (Å²) in [6, 6.07) is 3.59. The molecule has 0 atom stereocenters. The number of nitro benzene ring substituents is 1. The number of ether oxygens (including phenoxy) is 1.